The summed E-state index contributed by atoms with van der Waals surface area (Å²) < 4.78 is 0. The molecular weight excluding hydrogens is 200 g/mol. The van der Waals surface area contributed by atoms with Crippen molar-refractivity contribution in [3.63, 3.8) is 0 Å². The second kappa shape index (κ2) is 8.57. The molecule has 0 aromatic rings. The van der Waals surface area contributed by atoms with Crippen LogP contribution < -0.4 is 10.6 Å². The summed E-state index contributed by atoms with van der Waals surface area (Å²) in [6.45, 7) is 5.01. The van der Waals surface area contributed by atoms with Crippen LogP contribution in [-0.4, -0.2) is 25.5 Å². The lowest BCUT2D eigenvalue weighted by atomic mass is 10.0. The van der Waals surface area contributed by atoms with Crippen molar-refractivity contribution in [2.75, 3.05) is 19.6 Å². The third-order valence-corrected chi connectivity index (χ3v) is 3.27. The molecule has 1 amide bonds. The molecule has 16 heavy (non-hydrogen) atoms. The van der Waals surface area contributed by atoms with Crippen LogP contribution in [-0.2, 0) is 4.79 Å². The maximum absolute atomic E-state index is 11.7. The van der Waals surface area contributed by atoms with Crippen molar-refractivity contribution in [2.24, 2.45) is 5.92 Å². The van der Waals surface area contributed by atoms with E-state index in [0.29, 0.717) is 0 Å². The van der Waals surface area contributed by atoms with Crippen LogP contribution >= 0.6 is 0 Å². The lowest BCUT2D eigenvalue weighted by Gasteiger charge is -2.13. The molecule has 3 heteroatoms. The Morgan fingerprint density at radius 3 is 2.50 bits per heavy atom. The first-order valence-electron chi connectivity index (χ1n) is 6.79. The molecule has 1 heterocycles. The van der Waals surface area contributed by atoms with E-state index in [0.717, 1.165) is 32.5 Å². The van der Waals surface area contributed by atoms with Crippen molar-refractivity contribution in [3.8, 4) is 0 Å². The summed E-state index contributed by atoms with van der Waals surface area (Å²) in [6.07, 6.45) is 8.49. The molecule has 0 spiro atoms. The van der Waals surface area contributed by atoms with Gasteiger partial charge in [-0.1, -0.05) is 32.6 Å². The van der Waals surface area contributed by atoms with Crippen LogP contribution in [0.5, 0.6) is 0 Å². The molecule has 3 nitrogen and oxygen atoms in total. The minimum atomic E-state index is 0.191. The Balaban J connectivity index is 2.24. The largest absolute Gasteiger partial charge is 0.356 e. The molecule has 1 atom stereocenters. The molecule has 1 aliphatic rings. The first kappa shape index (κ1) is 13.5. The Morgan fingerprint density at radius 1 is 0.938 bits per heavy atom. The third kappa shape index (κ3) is 6.11. The van der Waals surface area contributed by atoms with E-state index in [4.69, 9.17) is 0 Å². The lowest BCUT2D eigenvalue weighted by Crippen LogP contribution is -2.31. The molecule has 1 unspecified atom stereocenters. The SMILES string of the molecule is CC1CCCCCCCNCCCNC1=O. The van der Waals surface area contributed by atoms with Gasteiger partial charge in [-0.2, -0.15) is 0 Å². The van der Waals surface area contributed by atoms with Crippen LogP contribution in [0.15, 0.2) is 0 Å². The number of rotatable bonds is 0. The van der Waals surface area contributed by atoms with E-state index >= 15 is 0 Å². The van der Waals surface area contributed by atoms with Gasteiger partial charge in [0.1, 0.15) is 0 Å². The Labute approximate surface area is 99.4 Å². The Hall–Kier alpha value is -0.570. The smallest absolute Gasteiger partial charge is 0.222 e. The molecule has 0 bridgehead atoms. The van der Waals surface area contributed by atoms with Crippen LogP contribution in [0, 0.1) is 5.92 Å². The molecule has 94 valence electrons. The van der Waals surface area contributed by atoms with Crippen LogP contribution in [0.3, 0.4) is 0 Å². The zero-order valence-electron chi connectivity index (χ0n) is 10.6. The molecule has 1 saturated heterocycles. The van der Waals surface area contributed by atoms with E-state index in [2.05, 4.69) is 10.6 Å². The van der Waals surface area contributed by atoms with Crippen molar-refractivity contribution in [1.29, 1.82) is 0 Å². The van der Waals surface area contributed by atoms with Crippen LogP contribution in [0.4, 0.5) is 0 Å². The zero-order chi connectivity index (χ0) is 11.6. The van der Waals surface area contributed by atoms with E-state index in [1.807, 2.05) is 6.92 Å². The lowest BCUT2D eigenvalue weighted by molar-refractivity contribution is -0.124. The van der Waals surface area contributed by atoms with E-state index in [1.165, 1.54) is 32.1 Å². The van der Waals surface area contributed by atoms with Gasteiger partial charge in [0.05, 0.1) is 0 Å². The molecule has 1 rings (SSSR count). The van der Waals surface area contributed by atoms with E-state index < -0.39 is 0 Å². The standard InChI is InChI=1S/C13H26N2O/c1-12-8-5-3-2-4-6-9-14-10-7-11-15-13(12)16/h12,14H,2-11H2,1H3,(H,15,16). The topological polar surface area (TPSA) is 41.1 Å². The highest BCUT2D eigenvalue weighted by Gasteiger charge is 2.11. The Morgan fingerprint density at radius 2 is 1.62 bits per heavy atom. The number of hydrogen-bond acceptors (Lipinski definition) is 2. The van der Waals surface area contributed by atoms with Gasteiger partial charge in [0.2, 0.25) is 5.91 Å². The molecule has 0 aromatic carbocycles. The van der Waals surface area contributed by atoms with Crippen molar-refractivity contribution >= 4 is 5.91 Å². The molecule has 0 aromatic heterocycles. The Bertz CT molecular complexity index is 194. The van der Waals surface area contributed by atoms with Gasteiger partial charge in [0.15, 0.2) is 0 Å². The monoisotopic (exact) mass is 226 g/mol. The van der Waals surface area contributed by atoms with Gasteiger partial charge < -0.3 is 10.6 Å². The number of nitrogens with one attached hydrogen (secondary N) is 2. The number of carbonyl (C=O) groups is 1. The van der Waals surface area contributed by atoms with Crippen molar-refractivity contribution in [2.45, 2.75) is 51.9 Å². The maximum Gasteiger partial charge on any atom is 0.222 e. The highest BCUT2D eigenvalue weighted by atomic mass is 16.1. The first-order chi connectivity index (χ1) is 7.80. The summed E-state index contributed by atoms with van der Waals surface area (Å²) in [5.41, 5.74) is 0. The van der Waals surface area contributed by atoms with Crippen molar-refractivity contribution in [3.05, 3.63) is 0 Å². The van der Waals surface area contributed by atoms with Gasteiger partial charge in [-0.25, -0.2) is 0 Å². The number of amides is 1. The second-order valence-electron chi connectivity index (χ2n) is 4.85. The second-order valence-corrected chi connectivity index (χ2v) is 4.85. The van der Waals surface area contributed by atoms with Gasteiger partial charge in [-0.3, -0.25) is 4.79 Å². The minimum Gasteiger partial charge on any atom is -0.356 e. The van der Waals surface area contributed by atoms with Gasteiger partial charge in [0.25, 0.3) is 0 Å². The number of carbonyl (C=O) groups excluding carboxylic acids is 1. The molecule has 0 saturated carbocycles. The summed E-state index contributed by atoms with van der Waals surface area (Å²) in [5.74, 6) is 0.424. The summed E-state index contributed by atoms with van der Waals surface area (Å²) in [4.78, 5) is 11.7. The van der Waals surface area contributed by atoms with Crippen LogP contribution in [0.25, 0.3) is 0 Å². The van der Waals surface area contributed by atoms with Gasteiger partial charge in [0, 0.05) is 12.5 Å². The quantitative estimate of drug-likeness (QED) is 0.664. The normalized spacial score (nSPS) is 26.8. The van der Waals surface area contributed by atoms with Gasteiger partial charge in [-0.05, 0) is 32.4 Å². The summed E-state index contributed by atoms with van der Waals surface area (Å²) in [5, 5.41) is 6.42. The molecule has 0 radical (unpaired) electrons. The fraction of sp³-hybridized carbons (Fsp3) is 0.923. The van der Waals surface area contributed by atoms with Crippen molar-refractivity contribution < 1.29 is 4.79 Å². The fourth-order valence-corrected chi connectivity index (χ4v) is 2.09. The highest BCUT2D eigenvalue weighted by Crippen LogP contribution is 2.11. The maximum atomic E-state index is 11.7. The van der Waals surface area contributed by atoms with Crippen LogP contribution in [0.2, 0.25) is 0 Å². The van der Waals surface area contributed by atoms with E-state index in [9.17, 15) is 4.79 Å². The minimum absolute atomic E-state index is 0.191. The fourth-order valence-electron chi connectivity index (χ4n) is 2.09. The molecule has 2 N–H and O–H groups in total. The number of hydrogen-bond donors (Lipinski definition) is 2. The Kier molecular flexibility index (Phi) is 7.23. The van der Waals surface area contributed by atoms with Crippen molar-refractivity contribution in [1.82, 2.24) is 10.6 Å². The van der Waals surface area contributed by atoms with E-state index in [-0.39, 0.29) is 11.8 Å². The van der Waals surface area contributed by atoms with Gasteiger partial charge >= 0.3 is 0 Å². The molecule has 1 fully saturated rings. The predicted octanol–water partition coefficient (Wildman–Crippen LogP) is 2.07. The third-order valence-electron chi connectivity index (χ3n) is 3.27. The molecule has 1 aliphatic heterocycles. The van der Waals surface area contributed by atoms with E-state index in [1.54, 1.807) is 0 Å². The average Bonchev–Trinajstić information content (AvgIpc) is 2.29. The summed E-state index contributed by atoms with van der Waals surface area (Å²) in [7, 11) is 0. The summed E-state index contributed by atoms with van der Waals surface area (Å²) in [6, 6.07) is 0. The zero-order valence-corrected chi connectivity index (χ0v) is 10.6. The molecule has 0 aliphatic carbocycles. The summed E-state index contributed by atoms with van der Waals surface area (Å²) >= 11 is 0. The van der Waals surface area contributed by atoms with Crippen LogP contribution in [0.1, 0.15) is 51.9 Å². The molecular formula is C13H26N2O. The van der Waals surface area contributed by atoms with Gasteiger partial charge in [-0.15, -0.1) is 0 Å². The first-order valence-corrected chi connectivity index (χ1v) is 6.79. The predicted molar refractivity (Wildman–Crippen MR) is 67.4 cm³/mol. The average molecular weight is 226 g/mol. The highest BCUT2D eigenvalue weighted by molar-refractivity contribution is 5.78.